The molecule has 1 unspecified atom stereocenters. The number of hydrogen-bond acceptors (Lipinski definition) is 1. The lowest BCUT2D eigenvalue weighted by molar-refractivity contribution is 0.151. The molecule has 3 heteroatoms. The fraction of sp³-hybridized carbons (Fsp3) is 0.455. The van der Waals surface area contributed by atoms with Gasteiger partial charge in [0.15, 0.2) is 0 Å². The maximum Gasteiger partial charge on any atom is 0.123 e. The van der Waals surface area contributed by atoms with Crippen LogP contribution in [-0.2, 0) is 6.42 Å². The highest BCUT2D eigenvalue weighted by Crippen LogP contribution is 2.34. The molecule has 2 rings (SSSR count). The van der Waals surface area contributed by atoms with Crippen molar-refractivity contribution < 1.29 is 9.50 Å². The Morgan fingerprint density at radius 1 is 1.50 bits per heavy atom. The molecular weight excluding hydrogens is 247 g/mol. The monoisotopic (exact) mass is 258 g/mol. The molecule has 1 nitrogen and oxygen atoms in total. The van der Waals surface area contributed by atoms with Crippen LogP contribution in [0.3, 0.4) is 0 Å². The fourth-order valence-electron chi connectivity index (χ4n) is 1.57. The van der Waals surface area contributed by atoms with Crippen LogP contribution in [0.4, 0.5) is 4.39 Å². The molecule has 1 aliphatic rings. The number of hydrogen-bond donors (Lipinski definition) is 1. The Kier molecular flexibility index (Phi) is 2.88. The van der Waals surface area contributed by atoms with Crippen LogP contribution in [0.1, 0.15) is 18.4 Å². The standard InChI is InChI=1S/C11H12BrFO/c12-10-4-3-9(13)5-8(10)6-11(14)7-1-2-7/h3-5,7,11,14H,1-2,6H2. The predicted octanol–water partition coefficient (Wildman–Crippen LogP) is 2.90. The first-order chi connectivity index (χ1) is 6.66. The van der Waals surface area contributed by atoms with Crippen molar-refractivity contribution in [3.05, 3.63) is 34.1 Å². The van der Waals surface area contributed by atoms with Crippen LogP contribution in [-0.4, -0.2) is 11.2 Å². The lowest BCUT2D eigenvalue weighted by atomic mass is 10.0. The summed E-state index contributed by atoms with van der Waals surface area (Å²) in [4.78, 5) is 0. The van der Waals surface area contributed by atoms with Gasteiger partial charge in [-0.3, -0.25) is 0 Å². The molecule has 0 aliphatic heterocycles. The summed E-state index contributed by atoms with van der Waals surface area (Å²) < 4.78 is 13.8. The van der Waals surface area contributed by atoms with Gasteiger partial charge in [-0.15, -0.1) is 0 Å². The van der Waals surface area contributed by atoms with Gasteiger partial charge in [0.05, 0.1) is 6.10 Å². The summed E-state index contributed by atoms with van der Waals surface area (Å²) in [7, 11) is 0. The first-order valence-corrected chi connectivity index (χ1v) is 5.58. The van der Waals surface area contributed by atoms with E-state index in [0.717, 1.165) is 22.9 Å². The largest absolute Gasteiger partial charge is 0.392 e. The van der Waals surface area contributed by atoms with E-state index in [-0.39, 0.29) is 11.9 Å². The Balaban J connectivity index is 2.10. The Morgan fingerprint density at radius 2 is 2.21 bits per heavy atom. The van der Waals surface area contributed by atoms with Gasteiger partial charge in [0.1, 0.15) is 5.82 Å². The van der Waals surface area contributed by atoms with E-state index in [1.165, 1.54) is 12.1 Å². The number of rotatable bonds is 3. The van der Waals surface area contributed by atoms with E-state index in [1.807, 2.05) is 0 Å². The maximum atomic E-state index is 12.9. The van der Waals surface area contributed by atoms with Crippen molar-refractivity contribution in [2.24, 2.45) is 5.92 Å². The molecule has 0 bridgehead atoms. The lowest BCUT2D eigenvalue weighted by Crippen LogP contribution is -2.13. The van der Waals surface area contributed by atoms with Crippen LogP contribution in [0.25, 0.3) is 0 Å². The molecule has 0 heterocycles. The molecule has 0 saturated heterocycles. The molecule has 1 aliphatic carbocycles. The first kappa shape index (κ1) is 10.1. The normalized spacial score (nSPS) is 18.2. The van der Waals surface area contributed by atoms with E-state index in [1.54, 1.807) is 6.07 Å². The minimum absolute atomic E-state index is 0.244. The summed E-state index contributed by atoms with van der Waals surface area (Å²) in [6.07, 6.45) is 2.44. The van der Waals surface area contributed by atoms with Gasteiger partial charge >= 0.3 is 0 Å². The number of benzene rings is 1. The van der Waals surface area contributed by atoms with Crippen LogP contribution >= 0.6 is 15.9 Å². The summed E-state index contributed by atoms with van der Waals surface area (Å²) in [6.45, 7) is 0. The summed E-state index contributed by atoms with van der Waals surface area (Å²) in [6, 6.07) is 4.58. The van der Waals surface area contributed by atoms with Gasteiger partial charge in [-0.2, -0.15) is 0 Å². The van der Waals surface area contributed by atoms with E-state index in [2.05, 4.69) is 15.9 Å². The molecular formula is C11H12BrFO. The van der Waals surface area contributed by atoms with E-state index in [4.69, 9.17) is 0 Å². The van der Waals surface area contributed by atoms with Crippen LogP contribution in [0.2, 0.25) is 0 Å². The summed E-state index contributed by atoms with van der Waals surface area (Å²) in [5.74, 6) is 0.191. The second-order valence-electron chi connectivity index (χ2n) is 3.84. The molecule has 0 amide bonds. The fourth-order valence-corrected chi connectivity index (χ4v) is 1.98. The Morgan fingerprint density at radius 3 is 2.86 bits per heavy atom. The molecule has 1 N–H and O–H groups in total. The molecule has 1 fully saturated rings. The highest BCUT2D eigenvalue weighted by molar-refractivity contribution is 9.10. The lowest BCUT2D eigenvalue weighted by Gasteiger charge is -2.10. The second kappa shape index (κ2) is 3.99. The van der Waals surface area contributed by atoms with Crippen molar-refractivity contribution in [3.8, 4) is 0 Å². The molecule has 1 aromatic rings. The van der Waals surface area contributed by atoms with Gasteiger partial charge in [0, 0.05) is 4.47 Å². The molecule has 0 radical (unpaired) electrons. The zero-order valence-electron chi connectivity index (χ0n) is 7.71. The summed E-state index contributed by atoms with van der Waals surface area (Å²) in [5, 5.41) is 9.71. The number of aliphatic hydroxyl groups excluding tert-OH is 1. The number of aliphatic hydroxyl groups is 1. The van der Waals surface area contributed by atoms with Gasteiger partial charge in [-0.05, 0) is 48.9 Å². The molecule has 1 atom stereocenters. The van der Waals surface area contributed by atoms with Gasteiger partial charge in [-0.1, -0.05) is 15.9 Å². The maximum absolute atomic E-state index is 12.9. The van der Waals surface area contributed by atoms with E-state index >= 15 is 0 Å². The van der Waals surface area contributed by atoms with Gasteiger partial charge in [-0.25, -0.2) is 4.39 Å². The third-order valence-electron chi connectivity index (χ3n) is 2.60. The Hall–Kier alpha value is -0.410. The molecule has 0 aromatic heterocycles. The van der Waals surface area contributed by atoms with Crippen molar-refractivity contribution in [1.29, 1.82) is 0 Å². The summed E-state index contributed by atoms with van der Waals surface area (Å²) >= 11 is 3.35. The topological polar surface area (TPSA) is 20.2 Å². The van der Waals surface area contributed by atoms with Crippen LogP contribution < -0.4 is 0 Å². The smallest absolute Gasteiger partial charge is 0.123 e. The van der Waals surface area contributed by atoms with Gasteiger partial charge in [0.25, 0.3) is 0 Å². The predicted molar refractivity (Wildman–Crippen MR) is 56.5 cm³/mol. The van der Waals surface area contributed by atoms with Crippen molar-refractivity contribution >= 4 is 15.9 Å². The van der Waals surface area contributed by atoms with Gasteiger partial charge in [0.2, 0.25) is 0 Å². The van der Waals surface area contributed by atoms with Gasteiger partial charge < -0.3 is 5.11 Å². The molecule has 0 spiro atoms. The SMILES string of the molecule is OC(Cc1cc(F)ccc1Br)C1CC1. The zero-order valence-corrected chi connectivity index (χ0v) is 9.30. The second-order valence-corrected chi connectivity index (χ2v) is 4.70. The zero-order chi connectivity index (χ0) is 10.1. The molecule has 76 valence electrons. The van der Waals surface area contributed by atoms with Crippen molar-refractivity contribution in [2.45, 2.75) is 25.4 Å². The van der Waals surface area contributed by atoms with Crippen LogP contribution in [0.15, 0.2) is 22.7 Å². The molecule has 14 heavy (non-hydrogen) atoms. The Labute approximate surface area is 91.1 Å². The minimum Gasteiger partial charge on any atom is -0.392 e. The third-order valence-corrected chi connectivity index (χ3v) is 3.38. The van der Waals surface area contributed by atoms with Crippen molar-refractivity contribution in [3.63, 3.8) is 0 Å². The average Bonchev–Trinajstić information content (AvgIpc) is 2.94. The van der Waals surface area contributed by atoms with E-state index in [0.29, 0.717) is 12.3 Å². The highest BCUT2D eigenvalue weighted by Gasteiger charge is 2.29. The third kappa shape index (κ3) is 2.34. The quantitative estimate of drug-likeness (QED) is 0.884. The molecule has 1 aromatic carbocycles. The Bertz CT molecular complexity index is 336. The average molecular weight is 259 g/mol. The van der Waals surface area contributed by atoms with E-state index in [9.17, 15) is 9.50 Å². The van der Waals surface area contributed by atoms with Crippen LogP contribution in [0, 0.1) is 11.7 Å². The minimum atomic E-state index is -0.312. The van der Waals surface area contributed by atoms with Crippen LogP contribution in [0.5, 0.6) is 0 Å². The first-order valence-electron chi connectivity index (χ1n) is 4.79. The molecule has 1 saturated carbocycles. The number of halogens is 2. The van der Waals surface area contributed by atoms with Crippen molar-refractivity contribution in [1.82, 2.24) is 0 Å². The van der Waals surface area contributed by atoms with E-state index < -0.39 is 0 Å². The highest BCUT2D eigenvalue weighted by atomic mass is 79.9. The summed E-state index contributed by atoms with van der Waals surface area (Å²) in [5.41, 5.74) is 0.851. The van der Waals surface area contributed by atoms with Crippen molar-refractivity contribution in [2.75, 3.05) is 0 Å².